The average molecular weight is 307 g/mol. The number of hydrogen-bond donors (Lipinski definition) is 2. The number of rotatable bonds is 6. The summed E-state index contributed by atoms with van der Waals surface area (Å²) in [5.41, 5.74) is 5.94. The second-order valence-corrected chi connectivity index (χ2v) is 6.78. The molecule has 1 heterocycles. The van der Waals surface area contributed by atoms with Gasteiger partial charge in [-0.2, -0.15) is 0 Å². The standard InChI is InChI=1S/C16H25N3OS/c1-13-11-14(17)7-9-19(13)12-16(20)18-8-10-21-15-5-3-2-4-6-15/h2-6,13-14H,7-12,17H2,1H3,(H,18,20). The summed E-state index contributed by atoms with van der Waals surface area (Å²) >= 11 is 1.76. The fourth-order valence-electron chi connectivity index (χ4n) is 2.61. The van der Waals surface area contributed by atoms with Crippen LogP contribution in [0.25, 0.3) is 0 Å². The molecule has 0 aliphatic carbocycles. The van der Waals surface area contributed by atoms with Crippen LogP contribution in [0.15, 0.2) is 35.2 Å². The van der Waals surface area contributed by atoms with Crippen LogP contribution in [-0.4, -0.2) is 48.3 Å². The molecule has 1 aliphatic heterocycles. The van der Waals surface area contributed by atoms with Crippen molar-refractivity contribution in [1.82, 2.24) is 10.2 Å². The minimum Gasteiger partial charge on any atom is -0.354 e. The fraction of sp³-hybridized carbons (Fsp3) is 0.562. The normalized spacial score (nSPS) is 23.0. The Morgan fingerprint density at radius 1 is 1.43 bits per heavy atom. The molecule has 0 saturated carbocycles. The quantitative estimate of drug-likeness (QED) is 0.620. The summed E-state index contributed by atoms with van der Waals surface area (Å²) in [6.45, 7) is 4.27. The van der Waals surface area contributed by atoms with E-state index < -0.39 is 0 Å². The van der Waals surface area contributed by atoms with Gasteiger partial charge in [-0.3, -0.25) is 9.69 Å². The minimum absolute atomic E-state index is 0.117. The number of nitrogens with two attached hydrogens (primary N) is 1. The van der Waals surface area contributed by atoms with Crippen LogP contribution in [0.3, 0.4) is 0 Å². The molecular weight excluding hydrogens is 282 g/mol. The molecule has 4 nitrogen and oxygen atoms in total. The molecule has 0 radical (unpaired) electrons. The van der Waals surface area contributed by atoms with Gasteiger partial charge in [-0.05, 0) is 31.9 Å². The number of hydrogen-bond acceptors (Lipinski definition) is 4. The Labute approximate surface area is 131 Å². The molecule has 1 aliphatic rings. The molecule has 1 fully saturated rings. The van der Waals surface area contributed by atoms with Crippen LogP contribution in [0.2, 0.25) is 0 Å². The Kier molecular flexibility index (Phi) is 6.54. The number of thioether (sulfide) groups is 1. The molecule has 1 saturated heterocycles. The van der Waals surface area contributed by atoms with Crippen LogP contribution >= 0.6 is 11.8 Å². The van der Waals surface area contributed by atoms with Crippen molar-refractivity contribution in [2.24, 2.45) is 5.73 Å². The lowest BCUT2D eigenvalue weighted by Gasteiger charge is -2.35. The SMILES string of the molecule is CC1CC(N)CCN1CC(=O)NCCSc1ccccc1. The van der Waals surface area contributed by atoms with Gasteiger partial charge in [-0.15, -0.1) is 11.8 Å². The Balaban J connectivity index is 1.61. The van der Waals surface area contributed by atoms with Crippen molar-refractivity contribution in [3.63, 3.8) is 0 Å². The molecule has 0 bridgehead atoms. The third-order valence-electron chi connectivity index (χ3n) is 3.84. The minimum atomic E-state index is 0.117. The van der Waals surface area contributed by atoms with Crippen molar-refractivity contribution in [1.29, 1.82) is 0 Å². The molecule has 116 valence electrons. The second kappa shape index (κ2) is 8.41. The number of carbonyl (C=O) groups excluding carboxylic acids is 1. The van der Waals surface area contributed by atoms with Crippen LogP contribution in [0, 0.1) is 0 Å². The van der Waals surface area contributed by atoms with Crippen LogP contribution in [0.1, 0.15) is 19.8 Å². The molecule has 2 atom stereocenters. The third kappa shape index (κ3) is 5.69. The number of piperidine rings is 1. The van der Waals surface area contributed by atoms with E-state index in [0.29, 0.717) is 25.2 Å². The summed E-state index contributed by atoms with van der Waals surface area (Å²) in [5.74, 6) is 1.02. The Morgan fingerprint density at radius 2 is 2.19 bits per heavy atom. The zero-order valence-electron chi connectivity index (χ0n) is 12.6. The van der Waals surface area contributed by atoms with Gasteiger partial charge in [0.05, 0.1) is 6.54 Å². The summed E-state index contributed by atoms with van der Waals surface area (Å²) in [6, 6.07) is 10.9. The van der Waals surface area contributed by atoms with Gasteiger partial charge in [0.2, 0.25) is 5.91 Å². The van der Waals surface area contributed by atoms with Crippen molar-refractivity contribution >= 4 is 17.7 Å². The maximum Gasteiger partial charge on any atom is 0.234 e. The topological polar surface area (TPSA) is 58.4 Å². The predicted molar refractivity (Wildman–Crippen MR) is 88.4 cm³/mol. The number of amides is 1. The molecule has 2 unspecified atom stereocenters. The van der Waals surface area contributed by atoms with Crippen LogP contribution in [0.4, 0.5) is 0 Å². The van der Waals surface area contributed by atoms with Gasteiger partial charge >= 0.3 is 0 Å². The van der Waals surface area contributed by atoms with Crippen molar-refractivity contribution < 1.29 is 4.79 Å². The highest BCUT2D eigenvalue weighted by Gasteiger charge is 2.24. The van der Waals surface area contributed by atoms with Gasteiger partial charge in [0, 0.05) is 35.8 Å². The van der Waals surface area contributed by atoms with E-state index in [-0.39, 0.29) is 5.91 Å². The lowest BCUT2D eigenvalue weighted by Crippen LogP contribution is -2.49. The number of carbonyl (C=O) groups is 1. The molecule has 2 rings (SSSR count). The van der Waals surface area contributed by atoms with Crippen LogP contribution in [-0.2, 0) is 4.79 Å². The van der Waals surface area contributed by atoms with Crippen molar-refractivity contribution in [3.8, 4) is 0 Å². The van der Waals surface area contributed by atoms with Crippen molar-refractivity contribution in [3.05, 3.63) is 30.3 Å². The summed E-state index contributed by atoms with van der Waals surface area (Å²) < 4.78 is 0. The number of nitrogens with zero attached hydrogens (tertiary/aromatic N) is 1. The van der Waals surface area contributed by atoms with Crippen LogP contribution < -0.4 is 11.1 Å². The van der Waals surface area contributed by atoms with E-state index >= 15 is 0 Å². The van der Waals surface area contributed by atoms with Gasteiger partial charge in [-0.25, -0.2) is 0 Å². The molecule has 21 heavy (non-hydrogen) atoms. The predicted octanol–water partition coefficient (Wildman–Crippen LogP) is 1.71. The molecule has 0 spiro atoms. The second-order valence-electron chi connectivity index (χ2n) is 5.62. The largest absolute Gasteiger partial charge is 0.354 e. The average Bonchev–Trinajstić information content (AvgIpc) is 2.48. The van der Waals surface area contributed by atoms with Crippen LogP contribution in [0.5, 0.6) is 0 Å². The highest BCUT2D eigenvalue weighted by molar-refractivity contribution is 7.99. The zero-order chi connectivity index (χ0) is 15.1. The molecule has 1 aromatic carbocycles. The molecule has 0 aromatic heterocycles. The van der Waals surface area contributed by atoms with E-state index in [9.17, 15) is 4.79 Å². The Hall–Kier alpha value is -1.04. The molecule has 1 aromatic rings. The summed E-state index contributed by atoms with van der Waals surface area (Å²) in [6.07, 6.45) is 1.97. The smallest absolute Gasteiger partial charge is 0.234 e. The molecule has 5 heteroatoms. The van der Waals surface area contributed by atoms with Gasteiger partial charge in [0.1, 0.15) is 0 Å². The number of likely N-dealkylation sites (tertiary alicyclic amines) is 1. The first-order valence-electron chi connectivity index (χ1n) is 7.59. The van der Waals surface area contributed by atoms with Crippen molar-refractivity contribution in [2.75, 3.05) is 25.4 Å². The van der Waals surface area contributed by atoms with E-state index in [1.807, 2.05) is 18.2 Å². The zero-order valence-corrected chi connectivity index (χ0v) is 13.4. The van der Waals surface area contributed by atoms with E-state index in [1.165, 1.54) is 4.90 Å². The molecule has 1 amide bonds. The van der Waals surface area contributed by atoms with Gasteiger partial charge in [0.25, 0.3) is 0 Å². The highest BCUT2D eigenvalue weighted by atomic mass is 32.2. The maximum absolute atomic E-state index is 12.0. The van der Waals surface area contributed by atoms with E-state index in [2.05, 4.69) is 29.3 Å². The monoisotopic (exact) mass is 307 g/mol. The lowest BCUT2D eigenvalue weighted by atomic mass is 9.99. The van der Waals surface area contributed by atoms with Gasteiger partial charge in [0.15, 0.2) is 0 Å². The lowest BCUT2D eigenvalue weighted by molar-refractivity contribution is -0.123. The summed E-state index contributed by atoms with van der Waals surface area (Å²) in [5, 5.41) is 3.00. The summed E-state index contributed by atoms with van der Waals surface area (Å²) in [4.78, 5) is 15.4. The highest BCUT2D eigenvalue weighted by Crippen LogP contribution is 2.16. The number of benzene rings is 1. The van der Waals surface area contributed by atoms with E-state index in [4.69, 9.17) is 5.73 Å². The number of nitrogens with one attached hydrogen (secondary N) is 1. The Bertz CT molecular complexity index is 440. The van der Waals surface area contributed by atoms with E-state index in [1.54, 1.807) is 11.8 Å². The first-order chi connectivity index (χ1) is 10.1. The maximum atomic E-state index is 12.0. The fourth-order valence-corrected chi connectivity index (χ4v) is 3.40. The van der Waals surface area contributed by atoms with Gasteiger partial charge in [-0.1, -0.05) is 18.2 Å². The summed E-state index contributed by atoms with van der Waals surface area (Å²) in [7, 11) is 0. The first-order valence-corrected chi connectivity index (χ1v) is 8.58. The molecular formula is C16H25N3OS. The third-order valence-corrected chi connectivity index (χ3v) is 4.85. The van der Waals surface area contributed by atoms with E-state index in [0.717, 1.165) is 25.1 Å². The first kappa shape index (κ1) is 16.3. The Morgan fingerprint density at radius 3 is 2.90 bits per heavy atom. The van der Waals surface area contributed by atoms with Crippen molar-refractivity contribution in [2.45, 2.75) is 36.7 Å². The van der Waals surface area contributed by atoms with Gasteiger partial charge < -0.3 is 11.1 Å². The molecule has 3 N–H and O–H groups in total.